The van der Waals surface area contributed by atoms with Crippen molar-refractivity contribution >= 4 is 40.1 Å². The minimum Gasteiger partial charge on any atom is -0.333 e. The first-order chi connectivity index (χ1) is 13.0. The molecule has 0 unspecified atom stereocenters. The number of carbonyl (C=O) groups excluding carboxylic acids is 1. The number of aryl methyl sites for hydroxylation is 2. The summed E-state index contributed by atoms with van der Waals surface area (Å²) in [6.07, 6.45) is 1.69. The van der Waals surface area contributed by atoms with Crippen molar-refractivity contribution in [1.29, 1.82) is 0 Å². The third kappa shape index (κ3) is 4.28. The van der Waals surface area contributed by atoms with E-state index in [4.69, 9.17) is 0 Å². The second-order valence-corrected chi connectivity index (χ2v) is 6.96. The maximum Gasteiger partial charge on any atom is 0.271 e. The van der Waals surface area contributed by atoms with Gasteiger partial charge in [-0.1, -0.05) is 43.8 Å². The number of thioether (sulfide) groups is 1. The van der Waals surface area contributed by atoms with E-state index in [2.05, 4.69) is 29.1 Å². The van der Waals surface area contributed by atoms with E-state index in [0.717, 1.165) is 29.7 Å². The molecule has 7 nitrogen and oxygen atoms in total. The van der Waals surface area contributed by atoms with Crippen molar-refractivity contribution in [2.75, 3.05) is 11.1 Å². The first-order valence-corrected chi connectivity index (χ1v) is 9.68. The lowest BCUT2D eigenvalue weighted by molar-refractivity contribution is -0.384. The van der Waals surface area contributed by atoms with Crippen molar-refractivity contribution in [3.63, 3.8) is 0 Å². The van der Waals surface area contributed by atoms with Gasteiger partial charge in [-0.05, 0) is 30.0 Å². The fraction of sp³-hybridized carbons (Fsp3) is 0.263. The van der Waals surface area contributed by atoms with Crippen LogP contribution < -0.4 is 5.32 Å². The highest BCUT2D eigenvalue weighted by molar-refractivity contribution is 7.99. The number of benzene rings is 2. The number of nitrogens with zero attached hydrogens (tertiary/aromatic N) is 2. The maximum atomic E-state index is 12.4. The van der Waals surface area contributed by atoms with Gasteiger partial charge < -0.3 is 10.3 Å². The lowest BCUT2D eigenvalue weighted by Gasteiger charge is -2.14. The molecule has 3 rings (SSSR count). The van der Waals surface area contributed by atoms with Crippen LogP contribution in [-0.2, 0) is 17.6 Å². The van der Waals surface area contributed by atoms with Crippen LogP contribution in [0.2, 0.25) is 0 Å². The van der Waals surface area contributed by atoms with Crippen LogP contribution in [0.5, 0.6) is 0 Å². The molecule has 1 aromatic heterocycles. The highest BCUT2D eigenvalue weighted by atomic mass is 32.2. The summed E-state index contributed by atoms with van der Waals surface area (Å²) in [5.74, 6) is 0.0883. The van der Waals surface area contributed by atoms with E-state index >= 15 is 0 Å². The standard InChI is InChI=1S/C19H20N4O3S/c1-3-12-6-5-7-13(4-2)18(12)22-17(24)11-27-19-20-15-9-8-14(23(25)26)10-16(15)21-19/h5-10H,3-4,11H2,1-2H3,(H,20,21)(H,22,24). The number of H-pyrrole nitrogens is 1. The molecular formula is C19H20N4O3S. The summed E-state index contributed by atoms with van der Waals surface area (Å²) in [6.45, 7) is 4.12. The predicted molar refractivity (Wildman–Crippen MR) is 107 cm³/mol. The summed E-state index contributed by atoms with van der Waals surface area (Å²) in [5.41, 5.74) is 4.34. The smallest absolute Gasteiger partial charge is 0.271 e. The molecule has 0 fully saturated rings. The third-order valence-corrected chi connectivity index (χ3v) is 5.13. The first kappa shape index (κ1) is 18.9. The van der Waals surface area contributed by atoms with Crippen LogP contribution in [-0.4, -0.2) is 26.6 Å². The van der Waals surface area contributed by atoms with Crippen LogP contribution in [0.15, 0.2) is 41.6 Å². The molecule has 140 valence electrons. The monoisotopic (exact) mass is 384 g/mol. The molecule has 1 heterocycles. The molecular weight excluding hydrogens is 364 g/mol. The molecule has 0 spiro atoms. The average Bonchev–Trinajstić information content (AvgIpc) is 3.08. The molecule has 2 aromatic carbocycles. The Hall–Kier alpha value is -2.87. The Morgan fingerprint density at radius 1 is 1.22 bits per heavy atom. The van der Waals surface area contributed by atoms with Crippen LogP contribution in [0.4, 0.5) is 11.4 Å². The van der Waals surface area contributed by atoms with Gasteiger partial charge in [0.25, 0.3) is 5.69 Å². The Bertz CT molecular complexity index is 978. The van der Waals surface area contributed by atoms with Crippen molar-refractivity contribution in [1.82, 2.24) is 9.97 Å². The number of aromatic nitrogens is 2. The van der Waals surface area contributed by atoms with Gasteiger partial charge >= 0.3 is 0 Å². The van der Waals surface area contributed by atoms with Gasteiger partial charge in [-0.25, -0.2) is 4.98 Å². The SMILES string of the molecule is CCc1cccc(CC)c1NC(=O)CSc1nc2ccc([N+](=O)[O-])cc2[nH]1. The second kappa shape index (κ2) is 8.22. The Morgan fingerprint density at radius 3 is 2.56 bits per heavy atom. The van der Waals surface area contributed by atoms with Gasteiger partial charge in [0.1, 0.15) is 0 Å². The van der Waals surface area contributed by atoms with E-state index in [0.29, 0.717) is 16.2 Å². The number of imidazole rings is 1. The Kier molecular flexibility index (Phi) is 5.75. The van der Waals surface area contributed by atoms with E-state index in [1.807, 2.05) is 18.2 Å². The van der Waals surface area contributed by atoms with E-state index < -0.39 is 4.92 Å². The molecule has 27 heavy (non-hydrogen) atoms. The zero-order valence-corrected chi connectivity index (χ0v) is 15.9. The molecule has 0 bridgehead atoms. The number of nitrogens with one attached hydrogen (secondary N) is 2. The number of non-ortho nitro benzene ring substituents is 1. The molecule has 0 radical (unpaired) electrons. The molecule has 0 aliphatic heterocycles. The van der Waals surface area contributed by atoms with Crippen molar-refractivity contribution < 1.29 is 9.72 Å². The number of carbonyl (C=O) groups is 1. The molecule has 0 aliphatic carbocycles. The number of para-hydroxylation sites is 1. The minimum atomic E-state index is -0.447. The summed E-state index contributed by atoms with van der Waals surface area (Å²) in [7, 11) is 0. The number of hydrogen-bond acceptors (Lipinski definition) is 5. The van der Waals surface area contributed by atoms with Gasteiger partial charge in [0, 0.05) is 17.8 Å². The Morgan fingerprint density at radius 2 is 1.93 bits per heavy atom. The Balaban J connectivity index is 1.69. The van der Waals surface area contributed by atoms with Gasteiger partial charge in [0.05, 0.1) is 21.7 Å². The number of nitro groups is 1. The fourth-order valence-electron chi connectivity index (χ4n) is 2.87. The third-order valence-electron chi connectivity index (χ3n) is 4.26. The highest BCUT2D eigenvalue weighted by Gasteiger charge is 2.13. The molecule has 0 saturated carbocycles. The summed E-state index contributed by atoms with van der Waals surface area (Å²) < 4.78 is 0. The van der Waals surface area contributed by atoms with Crippen LogP contribution in [0, 0.1) is 10.1 Å². The molecule has 3 aromatic rings. The zero-order valence-electron chi connectivity index (χ0n) is 15.1. The van der Waals surface area contributed by atoms with Gasteiger partial charge in [-0.2, -0.15) is 0 Å². The largest absolute Gasteiger partial charge is 0.333 e. The van der Waals surface area contributed by atoms with Crippen LogP contribution in [0.1, 0.15) is 25.0 Å². The average molecular weight is 384 g/mol. The van der Waals surface area contributed by atoms with Crippen LogP contribution in [0.3, 0.4) is 0 Å². The second-order valence-electron chi connectivity index (χ2n) is 6.00. The van der Waals surface area contributed by atoms with E-state index in [1.54, 1.807) is 6.07 Å². The lowest BCUT2D eigenvalue weighted by Crippen LogP contribution is -2.16. The van der Waals surface area contributed by atoms with Crippen molar-refractivity contribution in [3.05, 3.63) is 57.6 Å². The number of fused-ring (bicyclic) bond motifs is 1. The van der Waals surface area contributed by atoms with Crippen LogP contribution in [0.25, 0.3) is 11.0 Å². The lowest BCUT2D eigenvalue weighted by atomic mass is 10.0. The maximum absolute atomic E-state index is 12.4. The quantitative estimate of drug-likeness (QED) is 0.359. The summed E-state index contributed by atoms with van der Waals surface area (Å²) >= 11 is 1.27. The number of anilines is 1. The minimum absolute atomic E-state index is 0.00344. The zero-order chi connectivity index (χ0) is 19.4. The first-order valence-electron chi connectivity index (χ1n) is 8.69. The normalized spacial score (nSPS) is 10.9. The van der Waals surface area contributed by atoms with E-state index in [1.165, 1.54) is 23.9 Å². The Labute approximate surface area is 160 Å². The number of nitro benzene ring substituents is 1. The van der Waals surface area contributed by atoms with Gasteiger partial charge in [0.2, 0.25) is 5.91 Å². The molecule has 2 N–H and O–H groups in total. The number of amides is 1. The molecule has 0 aliphatic rings. The number of rotatable bonds is 7. The summed E-state index contributed by atoms with van der Waals surface area (Å²) in [5, 5.41) is 14.4. The topological polar surface area (TPSA) is 101 Å². The number of aromatic amines is 1. The fourth-order valence-corrected chi connectivity index (χ4v) is 3.55. The van der Waals surface area contributed by atoms with Gasteiger partial charge in [-0.3, -0.25) is 14.9 Å². The molecule has 8 heteroatoms. The van der Waals surface area contributed by atoms with Gasteiger partial charge in [0.15, 0.2) is 5.16 Å². The molecule has 0 atom stereocenters. The molecule has 1 amide bonds. The van der Waals surface area contributed by atoms with Gasteiger partial charge in [-0.15, -0.1) is 0 Å². The van der Waals surface area contributed by atoms with Crippen molar-refractivity contribution in [2.24, 2.45) is 0 Å². The number of hydrogen-bond donors (Lipinski definition) is 2. The van der Waals surface area contributed by atoms with Crippen molar-refractivity contribution in [3.8, 4) is 0 Å². The van der Waals surface area contributed by atoms with Crippen LogP contribution >= 0.6 is 11.8 Å². The molecule has 0 saturated heterocycles. The highest BCUT2D eigenvalue weighted by Crippen LogP contribution is 2.25. The summed E-state index contributed by atoms with van der Waals surface area (Å²) in [4.78, 5) is 30.2. The van der Waals surface area contributed by atoms with Crippen molar-refractivity contribution in [2.45, 2.75) is 31.8 Å². The summed E-state index contributed by atoms with van der Waals surface area (Å²) in [6, 6.07) is 10.5. The van der Waals surface area contributed by atoms with E-state index in [9.17, 15) is 14.9 Å². The van der Waals surface area contributed by atoms with E-state index in [-0.39, 0.29) is 17.3 Å². The predicted octanol–water partition coefficient (Wildman–Crippen LogP) is 4.33.